The summed E-state index contributed by atoms with van der Waals surface area (Å²) in [5.41, 5.74) is 4.16. The second kappa shape index (κ2) is 13.5. The standard InChI is InChI=1S/C30H54N2O4Si2/c1-14-34-28-18-26(27-19-31-25(10)32(27)20-33-16-17-37(11,12)13)30(29(24(28)9)35-15-2)36-38(21(3)4,22(5)6)23(7)8/h18-19,21-23H,14-17,20H2,1-13H3. The molecule has 1 aromatic heterocycles. The third-order valence-electron chi connectivity index (χ3n) is 7.56. The molecule has 8 heteroatoms. The third-order valence-corrected chi connectivity index (χ3v) is 15.2. The van der Waals surface area contributed by atoms with Crippen molar-refractivity contribution in [3.63, 3.8) is 0 Å². The molecule has 0 bridgehead atoms. The van der Waals surface area contributed by atoms with Crippen molar-refractivity contribution in [2.75, 3.05) is 19.8 Å². The lowest BCUT2D eigenvalue weighted by molar-refractivity contribution is 0.0868. The number of hydrogen-bond donors (Lipinski definition) is 0. The number of benzene rings is 1. The van der Waals surface area contributed by atoms with E-state index in [2.05, 4.69) is 78.7 Å². The minimum absolute atomic E-state index is 0.424. The molecule has 0 atom stereocenters. The Kier molecular flexibility index (Phi) is 11.5. The molecule has 0 saturated heterocycles. The van der Waals surface area contributed by atoms with Crippen molar-refractivity contribution in [1.29, 1.82) is 0 Å². The molecule has 1 heterocycles. The fraction of sp³-hybridized carbons (Fsp3) is 0.700. The Morgan fingerprint density at radius 2 is 1.45 bits per heavy atom. The first-order chi connectivity index (χ1) is 17.7. The molecule has 0 radical (unpaired) electrons. The van der Waals surface area contributed by atoms with E-state index in [4.69, 9.17) is 23.6 Å². The zero-order valence-electron chi connectivity index (χ0n) is 26.4. The van der Waals surface area contributed by atoms with Gasteiger partial charge in [0, 0.05) is 25.8 Å². The van der Waals surface area contributed by atoms with E-state index in [-0.39, 0.29) is 0 Å². The average molecular weight is 563 g/mol. The van der Waals surface area contributed by atoms with Crippen molar-refractivity contribution in [1.82, 2.24) is 9.55 Å². The van der Waals surface area contributed by atoms with E-state index in [9.17, 15) is 0 Å². The highest BCUT2D eigenvalue weighted by Gasteiger charge is 2.48. The predicted octanol–water partition coefficient (Wildman–Crippen LogP) is 8.83. The predicted molar refractivity (Wildman–Crippen MR) is 165 cm³/mol. The fourth-order valence-electron chi connectivity index (χ4n) is 5.54. The number of rotatable bonds is 15. The molecule has 0 spiro atoms. The molecule has 38 heavy (non-hydrogen) atoms. The second-order valence-corrected chi connectivity index (χ2v) is 23.5. The number of imidazole rings is 1. The Balaban J connectivity index is 2.78. The maximum absolute atomic E-state index is 7.39. The topological polar surface area (TPSA) is 54.7 Å². The molecule has 0 fully saturated rings. The van der Waals surface area contributed by atoms with Crippen LogP contribution in [0.15, 0.2) is 12.3 Å². The lowest BCUT2D eigenvalue weighted by Crippen LogP contribution is -2.50. The highest BCUT2D eigenvalue weighted by Crippen LogP contribution is 2.51. The molecule has 0 aliphatic rings. The van der Waals surface area contributed by atoms with E-state index < -0.39 is 16.4 Å². The van der Waals surface area contributed by atoms with Crippen molar-refractivity contribution >= 4 is 16.4 Å². The zero-order valence-corrected chi connectivity index (χ0v) is 28.4. The Morgan fingerprint density at radius 1 is 0.868 bits per heavy atom. The molecule has 6 nitrogen and oxygen atoms in total. The van der Waals surface area contributed by atoms with Gasteiger partial charge in [-0.3, -0.25) is 0 Å². The van der Waals surface area contributed by atoms with Crippen LogP contribution in [-0.4, -0.2) is 45.8 Å². The Labute approximate surface area is 234 Å². The van der Waals surface area contributed by atoms with Gasteiger partial charge in [-0.25, -0.2) is 4.98 Å². The maximum atomic E-state index is 7.39. The zero-order chi connectivity index (χ0) is 28.8. The van der Waals surface area contributed by atoms with Gasteiger partial charge in [0.15, 0.2) is 11.5 Å². The summed E-state index contributed by atoms with van der Waals surface area (Å²) in [6.07, 6.45) is 1.93. The Bertz CT molecular complexity index is 1020. The molecular formula is C30H54N2O4Si2. The van der Waals surface area contributed by atoms with E-state index in [1.54, 1.807) is 0 Å². The van der Waals surface area contributed by atoms with Gasteiger partial charge in [0.1, 0.15) is 18.3 Å². The second-order valence-electron chi connectivity index (χ2n) is 12.5. The van der Waals surface area contributed by atoms with Crippen molar-refractivity contribution in [3.05, 3.63) is 23.7 Å². The molecule has 2 aromatic rings. The number of aryl methyl sites for hydroxylation is 1. The van der Waals surface area contributed by atoms with E-state index in [0.29, 0.717) is 36.6 Å². The van der Waals surface area contributed by atoms with Gasteiger partial charge in [0.2, 0.25) is 0 Å². The number of aromatic nitrogens is 2. The van der Waals surface area contributed by atoms with Crippen LogP contribution < -0.4 is 13.9 Å². The van der Waals surface area contributed by atoms with Crippen LogP contribution in [-0.2, 0) is 11.5 Å². The monoisotopic (exact) mass is 562 g/mol. The summed E-state index contributed by atoms with van der Waals surface area (Å²) in [5, 5.41) is 0. The SMILES string of the molecule is CCOc1cc(-c2cnc(C)n2COCC[Si](C)(C)C)c(O[Si](C(C)C)(C(C)C)C(C)C)c(OCC)c1C. The van der Waals surface area contributed by atoms with Gasteiger partial charge < -0.3 is 23.2 Å². The van der Waals surface area contributed by atoms with Gasteiger partial charge in [-0.05, 0) is 56.4 Å². The third kappa shape index (κ3) is 7.24. The van der Waals surface area contributed by atoms with Crippen molar-refractivity contribution in [2.24, 2.45) is 0 Å². The van der Waals surface area contributed by atoms with Gasteiger partial charge in [0.05, 0.1) is 25.1 Å². The summed E-state index contributed by atoms with van der Waals surface area (Å²) < 4.78 is 28.2. The summed E-state index contributed by atoms with van der Waals surface area (Å²) in [4.78, 5) is 4.70. The van der Waals surface area contributed by atoms with Crippen LogP contribution in [0.4, 0.5) is 0 Å². The normalized spacial score (nSPS) is 12.6. The largest absolute Gasteiger partial charge is 0.540 e. The number of hydrogen-bond acceptors (Lipinski definition) is 5. The van der Waals surface area contributed by atoms with Gasteiger partial charge >= 0.3 is 0 Å². The first kappa shape index (κ1) is 32.4. The lowest BCUT2D eigenvalue weighted by Gasteiger charge is -2.43. The molecule has 216 valence electrons. The summed E-state index contributed by atoms with van der Waals surface area (Å²) >= 11 is 0. The van der Waals surface area contributed by atoms with Crippen molar-refractivity contribution in [3.8, 4) is 28.5 Å². The van der Waals surface area contributed by atoms with E-state index >= 15 is 0 Å². The van der Waals surface area contributed by atoms with Crippen LogP contribution in [0.2, 0.25) is 42.3 Å². The fourth-order valence-corrected chi connectivity index (χ4v) is 11.6. The minimum Gasteiger partial charge on any atom is -0.540 e. The van der Waals surface area contributed by atoms with Gasteiger partial charge in [-0.2, -0.15) is 0 Å². The van der Waals surface area contributed by atoms with Crippen LogP contribution in [0, 0.1) is 13.8 Å². The molecule has 0 aliphatic heterocycles. The highest BCUT2D eigenvalue weighted by atomic mass is 28.4. The highest BCUT2D eigenvalue weighted by molar-refractivity contribution is 6.78. The lowest BCUT2D eigenvalue weighted by atomic mass is 10.1. The van der Waals surface area contributed by atoms with Gasteiger partial charge in [0.25, 0.3) is 8.32 Å². The number of nitrogens with zero attached hydrogens (tertiary/aromatic N) is 2. The van der Waals surface area contributed by atoms with Crippen LogP contribution in [0.5, 0.6) is 17.2 Å². The molecule has 0 aliphatic carbocycles. The molecule has 0 saturated carbocycles. The summed E-state index contributed by atoms with van der Waals surface area (Å²) in [5.74, 6) is 3.32. The average Bonchev–Trinajstić information content (AvgIpc) is 3.17. The molecule has 2 rings (SSSR count). The van der Waals surface area contributed by atoms with E-state index in [0.717, 1.165) is 52.5 Å². The van der Waals surface area contributed by atoms with E-state index in [1.165, 1.54) is 0 Å². The first-order valence-electron chi connectivity index (χ1n) is 14.4. The van der Waals surface area contributed by atoms with Crippen LogP contribution in [0.25, 0.3) is 11.3 Å². The van der Waals surface area contributed by atoms with Crippen LogP contribution in [0.1, 0.15) is 66.8 Å². The maximum Gasteiger partial charge on any atom is 0.258 e. The molecular weight excluding hydrogens is 509 g/mol. The first-order valence-corrected chi connectivity index (χ1v) is 20.3. The summed E-state index contributed by atoms with van der Waals surface area (Å²) in [6, 6.07) is 3.25. The molecule has 1 aromatic carbocycles. The number of ether oxygens (including phenoxy) is 3. The van der Waals surface area contributed by atoms with Crippen molar-refractivity contribution in [2.45, 2.75) is 118 Å². The van der Waals surface area contributed by atoms with Crippen LogP contribution >= 0.6 is 0 Å². The Morgan fingerprint density at radius 3 is 1.95 bits per heavy atom. The molecule has 0 unspecified atom stereocenters. The van der Waals surface area contributed by atoms with E-state index in [1.807, 2.05) is 27.0 Å². The molecule has 0 amide bonds. The quantitative estimate of drug-likeness (QED) is 0.160. The summed E-state index contributed by atoms with van der Waals surface area (Å²) in [7, 11) is -3.47. The van der Waals surface area contributed by atoms with Crippen molar-refractivity contribution < 1.29 is 18.6 Å². The molecule has 0 N–H and O–H groups in total. The van der Waals surface area contributed by atoms with Crippen LogP contribution in [0.3, 0.4) is 0 Å². The minimum atomic E-state index is -2.29. The Hall–Kier alpha value is -1.78. The van der Waals surface area contributed by atoms with Gasteiger partial charge in [-0.15, -0.1) is 0 Å². The summed E-state index contributed by atoms with van der Waals surface area (Å²) in [6.45, 7) is 31.5. The smallest absolute Gasteiger partial charge is 0.258 e. The van der Waals surface area contributed by atoms with Gasteiger partial charge in [-0.1, -0.05) is 61.2 Å².